The van der Waals surface area contributed by atoms with Gasteiger partial charge in [-0.15, -0.1) is 0 Å². The third-order valence-corrected chi connectivity index (χ3v) is 5.99. The van der Waals surface area contributed by atoms with E-state index in [2.05, 4.69) is 14.7 Å². The molecule has 4 aromatic rings. The van der Waals surface area contributed by atoms with Crippen LogP contribution in [0.1, 0.15) is 11.1 Å². The van der Waals surface area contributed by atoms with Crippen molar-refractivity contribution >= 4 is 15.7 Å². The average molecular weight is 420 g/mol. The SMILES string of the molecule is Cc1ccc(S(=O)(=O)Nc2ccc(Oc3cc(-n4cccc4)ncn3)cc2)cc1C. The molecule has 0 spiro atoms. The maximum absolute atomic E-state index is 12.6. The Hall–Kier alpha value is -3.65. The molecule has 0 unspecified atom stereocenters. The summed E-state index contributed by atoms with van der Waals surface area (Å²) in [6.45, 7) is 3.83. The first kappa shape index (κ1) is 19.7. The number of hydrogen-bond acceptors (Lipinski definition) is 5. The number of sulfonamides is 1. The number of ether oxygens (including phenoxy) is 1. The molecule has 0 fully saturated rings. The number of rotatable bonds is 6. The highest BCUT2D eigenvalue weighted by molar-refractivity contribution is 7.92. The predicted molar refractivity (Wildman–Crippen MR) is 115 cm³/mol. The minimum absolute atomic E-state index is 0.226. The molecular weight excluding hydrogens is 400 g/mol. The van der Waals surface area contributed by atoms with Crippen LogP contribution < -0.4 is 9.46 Å². The van der Waals surface area contributed by atoms with Crippen LogP contribution in [0.2, 0.25) is 0 Å². The lowest BCUT2D eigenvalue weighted by Gasteiger charge is -2.11. The fraction of sp³-hybridized carbons (Fsp3) is 0.0909. The number of aryl methyl sites for hydroxylation is 2. The maximum Gasteiger partial charge on any atom is 0.261 e. The molecule has 0 amide bonds. The standard InChI is InChI=1S/C22H20N4O3S/c1-16-5-10-20(13-17(16)2)30(27,28)25-18-6-8-19(9-7-18)29-22-14-21(23-15-24-22)26-11-3-4-12-26/h3-15,25H,1-2H3. The first-order valence-corrected chi connectivity index (χ1v) is 10.7. The Morgan fingerprint density at radius 2 is 1.63 bits per heavy atom. The summed E-state index contributed by atoms with van der Waals surface area (Å²) >= 11 is 0. The molecule has 2 aromatic carbocycles. The summed E-state index contributed by atoms with van der Waals surface area (Å²) in [6, 6.07) is 17.2. The van der Waals surface area contributed by atoms with Crippen molar-refractivity contribution in [3.8, 4) is 17.4 Å². The smallest absolute Gasteiger partial charge is 0.261 e. The van der Waals surface area contributed by atoms with Crippen molar-refractivity contribution in [1.29, 1.82) is 0 Å². The molecule has 0 atom stereocenters. The monoisotopic (exact) mass is 420 g/mol. The van der Waals surface area contributed by atoms with Gasteiger partial charge in [0.15, 0.2) is 0 Å². The fourth-order valence-electron chi connectivity index (χ4n) is 2.82. The molecule has 1 N–H and O–H groups in total. The van der Waals surface area contributed by atoms with E-state index in [0.717, 1.165) is 11.1 Å². The second kappa shape index (κ2) is 8.00. The van der Waals surface area contributed by atoms with Crippen LogP contribution in [0.3, 0.4) is 0 Å². The first-order valence-electron chi connectivity index (χ1n) is 9.24. The zero-order valence-electron chi connectivity index (χ0n) is 16.5. The van der Waals surface area contributed by atoms with Crippen LogP contribution in [-0.4, -0.2) is 23.0 Å². The molecule has 0 aliphatic heterocycles. The van der Waals surface area contributed by atoms with Crippen molar-refractivity contribution in [2.75, 3.05) is 4.72 Å². The number of nitrogens with zero attached hydrogens (tertiary/aromatic N) is 3. The minimum atomic E-state index is -3.67. The molecule has 0 aliphatic carbocycles. The molecule has 2 heterocycles. The molecule has 30 heavy (non-hydrogen) atoms. The van der Waals surface area contributed by atoms with Gasteiger partial charge in [-0.2, -0.15) is 0 Å². The summed E-state index contributed by atoms with van der Waals surface area (Å²) in [5.74, 6) is 1.60. The Morgan fingerprint density at radius 3 is 2.33 bits per heavy atom. The Morgan fingerprint density at radius 1 is 0.900 bits per heavy atom. The van der Waals surface area contributed by atoms with E-state index >= 15 is 0 Å². The second-order valence-electron chi connectivity index (χ2n) is 6.78. The van der Waals surface area contributed by atoms with Crippen molar-refractivity contribution in [2.24, 2.45) is 0 Å². The second-order valence-corrected chi connectivity index (χ2v) is 8.47. The van der Waals surface area contributed by atoms with Gasteiger partial charge in [-0.3, -0.25) is 4.72 Å². The molecule has 8 heteroatoms. The molecule has 0 radical (unpaired) electrons. The van der Waals surface area contributed by atoms with Crippen molar-refractivity contribution in [1.82, 2.24) is 14.5 Å². The van der Waals surface area contributed by atoms with Crippen LogP contribution in [0, 0.1) is 13.8 Å². The fourth-order valence-corrected chi connectivity index (χ4v) is 3.96. The first-order chi connectivity index (χ1) is 14.4. The summed E-state index contributed by atoms with van der Waals surface area (Å²) in [5, 5.41) is 0. The van der Waals surface area contributed by atoms with Gasteiger partial charge in [0, 0.05) is 24.1 Å². The molecule has 0 saturated carbocycles. The third-order valence-electron chi connectivity index (χ3n) is 4.61. The van der Waals surface area contributed by atoms with Crippen LogP contribution in [0.5, 0.6) is 11.6 Å². The summed E-state index contributed by atoms with van der Waals surface area (Å²) < 4.78 is 35.5. The van der Waals surface area contributed by atoms with Gasteiger partial charge in [-0.25, -0.2) is 18.4 Å². The van der Waals surface area contributed by atoms with Gasteiger partial charge in [0.2, 0.25) is 5.88 Å². The zero-order chi connectivity index (χ0) is 21.1. The Labute approximate surface area is 175 Å². The molecular formula is C22H20N4O3S. The lowest BCUT2D eigenvalue weighted by Crippen LogP contribution is -2.13. The van der Waals surface area contributed by atoms with E-state index in [4.69, 9.17) is 4.74 Å². The quantitative estimate of drug-likeness (QED) is 0.497. The number of anilines is 1. The van der Waals surface area contributed by atoms with E-state index < -0.39 is 10.0 Å². The van der Waals surface area contributed by atoms with E-state index in [1.54, 1.807) is 48.5 Å². The van der Waals surface area contributed by atoms with Gasteiger partial charge < -0.3 is 9.30 Å². The lowest BCUT2D eigenvalue weighted by molar-refractivity contribution is 0.461. The van der Waals surface area contributed by atoms with Crippen LogP contribution in [0.15, 0.2) is 84.3 Å². The van der Waals surface area contributed by atoms with Crippen LogP contribution in [-0.2, 0) is 10.0 Å². The largest absolute Gasteiger partial charge is 0.439 e. The Bertz CT molecular complexity index is 1270. The van der Waals surface area contributed by atoms with Crippen molar-refractivity contribution in [3.63, 3.8) is 0 Å². The van der Waals surface area contributed by atoms with E-state index in [1.807, 2.05) is 42.9 Å². The van der Waals surface area contributed by atoms with Crippen molar-refractivity contribution < 1.29 is 13.2 Å². The molecule has 4 rings (SSSR count). The van der Waals surface area contributed by atoms with Gasteiger partial charge in [0.25, 0.3) is 10.0 Å². The van der Waals surface area contributed by atoms with E-state index in [1.165, 1.54) is 6.33 Å². The summed E-state index contributed by atoms with van der Waals surface area (Å²) in [5.41, 5.74) is 2.40. The van der Waals surface area contributed by atoms with Crippen LogP contribution in [0.25, 0.3) is 5.82 Å². The molecule has 0 bridgehead atoms. The van der Waals surface area contributed by atoms with E-state index in [0.29, 0.717) is 23.1 Å². The summed E-state index contributed by atoms with van der Waals surface area (Å²) in [4.78, 5) is 8.56. The zero-order valence-corrected chi connectivity index (χ0v) is 17.3. The van der Waals surface area contributed by atoms with Crippen LogP contribution >= 0.6 is 0 Å². The topological polar surface area (TPSA) is 86.1 Å². The summed E-state index contributed by atoms with van der Waals surface area (Å²) in [7, 11) is -3.67. The molecule has 7 nitrogen and oxygen atoms in total. The van der Waals surface area contributed by atoms with Gasteiger partial charge in [0.1, 0.15) is 17.9 Å². The highest BCUT2D eigenvalue weighted by Crippen LogP contribution is 2.24. The highest BCUT2D eigenvalue weighted by Gasteiger charge is 2.15. The normalized spacial score (nSPS) is 11.3. The Balaban J connectivity index is 1.48. The van der Waals surface area contributed by atoms with Gasteiger partial charge in [0.05, 0.1) is 4.90 Å². The van der Waals surface area contributed by atoms with Crippen molar-refractivity contribution in [3.05, 3.63) is 90.5 Å². The number of benzene rings is 2. The van der Waals surface area contributed by atoms with E-state index in [-0.39, 0.29) is 4.90 Å². The third kappa shape index (κ3) is 4.33. The van der Waals surface area contributed by atoms with Gasteiger partial charge in [-0.1, -0.05) is 6.07 Å². The lowest BCUT2D eigenvalue weighted by atomic mass is 10.1. The molecule has 0 saturated heterocycles. The average Bonchev–Trinajstić information content (AvgIpc) is 3.26. The summed E-state index contributed by atoms with van der Waals surface area (Å²) in [6.07, 6.45) is 5.18. The predicted octanol–water partition coefficient (Wildman–Crippen LogP) is 4.48. The van der Waals surface area contributed by atoms with E-state index in [9.17, 15) is 8.42 Å². The highest BCUT2D eigenvalue weighted by atomic mass is 32.2. The van der Waals surface area contributed by atoms with Crippen molar-refractivity contribution in [2.45, 2.75) is 18.7 Å². The number of hydrogen-bond donors (Lipinski definition) is 1. The van der Waals surface area contributed by atoms with Gasteiger partial charge in [-0.05, 0) is 73.5 Å². The van der Waals surface area contributed by atoms with Gasteiger partial charge >= 0.3 is 0 Å². The number of aromatic nitrogens is 3. The van der Waals surface area contributed by atoms with Crippen LogP contribution in [0.4, 0.5) is 5.69 Å². The molecule has 0 aliphatic rings. The molecule has 152 valence electrons. The molecule has 2 aromatic heterocycles. The Kier molecular flexibility index (Phi) is 5.24. The number of nitrogens with one attached hydrogen (secondary N) is 1. The minimum Gasteiger partial charge on any atom is -0.439 e. The maximum atomic E-state index is 12.6.